The van der Waals surface area contributed by atoms with Crippen LogP contribution < -0.4 is 0 Å². The second kappa shape index (κ2) is 3.50. The number of hydrogen-bond donors (Lipinski definition) is 0. The quantitative estimate of drug-likeness (QED) is 0.555. The lowest BCUT2D eigenvalue weighted by Gasteiger charge is -2.45. The van der Waals surface area contributed by atoms with Crippen LogP contribution in [-0.2, 0) is 0 Å². The Balaban J connectivity index is 2.99. The van der Waals surface area contributed by atoms with Crippen LogP contribution in [-0.4, -0.2) is 12.5 Å². The molecule has 0 aromatic rings. The minimum absolute atomic E-state index is 0.545. The molecule has 0 aromatic heterocycles. The van der Waals surface area contributed by atoms with Gasteiger partial charge < -0.3 is 0 Å². The Morgan fingerprint density at radius 1 is 0.917 bits per heavy atom. The summed E-state index contributed by atoms with van der Waals surface area (Å²) in [7, 11) is 0. The molecular formula is C6H6BrCl5. The summed E-state index contributed by atoms with van der Waals surface area (Å²) in [6, 6.07) is 0. The monoisotopic (exact) mass is 332 g/mol. The minimum Gasteiger partial charge on any atom is -0.103 e. The zero-order chi connectivity index (χ0) is 9.62. The second-order valence-electron chi connectivity index (χ2n) is 2.84. The zero-order valence-corrected chi connectivity index (χ0v) is 11.3. The molecule has 0 amide bonds. The molecule has 1 aliphatic rings. The second-order valence-corrected chi connectivity index (χ2v) is 8.10. The number of rotatable bonds is 0. The highest BCUT2D eigenvalue weighted by Crippen LogP contribution is 2.61. The van der Waals surface area contributed by atoms with Crippen LogP contribution in [0.25, 0.3) is 0 Å². The first-order chi connectivity index (χ1) is 5.21. The van der Waals surface area contributed by atoms with Crippen LogP contribution in [0, 0.1) is 0 Å². The molecule has 72 valence electrons. The SMILES string of the molecule is ClC1(Cl)CCCC(Cl)(Br)C1(Cl)Cl. The van der Waals surface area contributed by atoms with E-state index in [0.29, 0.717) is 12.8 Å². The smallest absolute Gasteiger partial charge is 0.103 e. The first-order valence-electron chi connectivity index (χ1n) is 3.34. The fourth-order valence-corrected chi connectivity index (χ4v) is 3.32. The molecule has 0 radical (unpaired) electrons. The van der Waals surface area contributed by atoms with Crippen molar-refractivity contribution in [2.24, 2.45) is 0 Å². The maximum absolute atomic E-state index is 6.03. The van der Waals surface area contributed by atoms with Crippen LogP contribution in [0.2, 0.25) is 0 Å². The van der Waals surface area contributed by atoms with Gasteiger partial charge in [-0.1, -0.05) is 62.3 Å². The Labute approximate surface area is 105 Å². The Bertz CT molecular complexity index is 170. The summed E-state index contributed by atoms with van der Waals surface area (Å²) in [5.41, 5.74) is 0. The van der Waals surface area contributed by atoms with Gasteiger partial charge in [-0.15, -0.1) is 11.6 Å². The maximum atomic E-state index is 6.03. The maximum Gasteiger partial charge on any atom is 0.179 e. The van der Waals surface area contributed by atoms with Crippen molar-refractivity contribution in [3.8, 4) is 0 Å². The molecule has 0 N–H and O–H groups in total. The standard InChI is InChI=1S/C6H6BrCl5/c7-4(8)2-1-3-5(9,10)6(4,11)12/h1-3H2. The summed E-state index contributed by atoms with van der Waals surface area (Å²) < 4.78 is -3.51. The topological polar surface area (TPSA) is 0 Å². The summed E-state index contributed by atoms with van der Waals surface area (Å²) in [4.78, 5) is 0. The molecule has 1 aliphatic carbocycles. The molecule has 0 saturated heterocycles. The minimum atomic E-state index is -1.37. The predicted octanol–water partition coefficient (Wildman–Crippen LogP) is 4.85. The van der Waals surface area contributed by atoms with Crippen LogP contribution in [0.15, 0.2) is 0 Å². The summed E-state index contributed by atoms with van der Waals surface area (Å²) in [6.45, 7) is 0. The van der Waals surface area contributed by atoms with E-state index in [9.17, 15) is 0 Å². The van der Waals surface area contributed by atoms with Crippen LogP contribution >= 0.6 is 73.9 Å². The molecule has 0 spiro atoms. The highest BCUT2D eigenvalue weighted by atomic mass is 79.9. The van der Waals surface area contributed by atoms with Crippen molar-refractivity contribution in [1.29, 1.82) is 0 Å². The third-order valence-corrected chi connectivity index (χ3v) is 6.64. The lowest BCUT2D eigenvalue weighted by Crippen LogP contribution is -2.52. The lowest BCUT2D eigenvalue weighted by molar-refractivity contribution is 0.441. The van der Waals surface area contributed by atoms with Crippen LogP contribution in [0.3, 0.4) is 0 Å². The fraction of sp³-hybridized carbons (Fsp3) is 1.00. The first kappa shape index (κ1) is 12.0. The molecule has 0 aromatic carbocycles. The molecule has 0 nitrogen and oxygen atoms in total. The van der Waals surface area contributed by atoms with E-state index < -0.39 is 12.5 Å². The third-order valence-electron chi connectivity index (χ3n) is 1.90. The summed E-state index contributed by atoms with van der Waals surface area (Å²) in [6.07, 6.45) is 1.98. The van der Waals surface area contributed by atoms with Crippen molar-refractivity contribution in [3.63, 3.8) is 0 Å². The highest BCUT2D eigenvalue weighted by Gasteiger charge is 2.61. The number of alkyl halides is 6. The number of halogens is 6. The highest BCUT2D eigenvalue weighted by molar-refractivity contribution is 9.10. The predicted molar refractivity (Wildman–Crippen MR) is 60.2 cm³/mol. The molecule has 1 unspecified atom stereocenters. The Morgan fingerprint density at radius 2 is 1.42 bits per heavy atom. The van der Waals surface area contributed by atoms with E-state index in [0.717, 1.165) is 6.42 Å². The summed E-state index contributed by atoms with van der Waals surface area (Å²) in [5, 5.41) is 0. The van der Waals surface area contributed by atoms with Gasteiger partial charge in [0.05, 0.1) is 0 Å². The van der Waals surface area contributed by atoms with Gasteiger partial charge >= 0.3 is 0 Å². The summed E-state index contributed by atoms with van der Waals surface area (Å²) in [5.74, 6) is 0. The molecule has 1 rings (SSSR count). The fourth-order valence-electron chi connectivity index (χ4n) is 1.11. The van der Waals surface area contributed by atoms with Gasteiger partial charge in [0.2, 0.25) is 0 Å². The van der Waals surface area contributed by atoms with Crippen molar-refractivity contribution in [2.75, 3.05) is 0 Å². The van der Waals surface area contributed by atoms with Crippen LogP contribution in [0.5, 0.6) is 0 Å². The van der Waals surface area contributed by atoms with Gasteiger partial charge in [-0.05, 0) is 19.3 Å². The zero-order valence-electron chi connectivity index (χ0n) is 5.89. The van der Waals surface area contributed by atoms with Crippen molar-refractivity contribution < 1.29 is 0 Å². The average molecular weight is 335 g/mol. The third kappa shape index (κ3) is 1.83. The van der Waals surface area contributed by atoms with E-state index in [1.165, 1.54) is 0 Å². The van der Waals surface area contributed by atoms with Crippen molar-refractivity contribution in [2.45, 2.75) is 31.7 Å². The Kier molecular flexibility index (Phi) is 3.50. The molecule has 0 aliphatic heterocycles. The molecule has 1 atom stereocenters. The van der Waals surface area contributed by atoms with Crippen LogP contribution in [0.4, 0.5) is 0 Å². The van der Waals surface area contributed by atoms with E-state index in [2.05, 4.69) is 15.9 Å². The lowest BCUT2D eigenvalue weighted by atomic mass is 9.98. The van der Waals surface area contributed by atoms with Crippen molar-refractivity contribution >= 4 is 73.9 Å². The largest absolute Gasteiger partial charge is 0.179 e. The van der Waals surface area contributed by atoms with Gasteiger partial charge in [-0.3, -0.25) is 0 Å². The van der Waals surface area contributed by atoms with E-state index in [1.54, 1.807) is 0 Å². The van der Waals surface area contributed by atoms with Gasteiger partial charge in [-0.2, -0.15) is 0 Å². The Morgan fingerprint density at radius 3 is 1.75 bits per heavy atom. The first-order valence-corrected chi connectivity index (χ1v) is 6.02. The molecular weight excluding hydrogens is 329 g/mol. The van der Waals surface area contributed by atoms with Crippen LogP contribution in [0.1, 0.15) is 19.3 Å². The van der Waals surface area contributed by atoms with Gasteiger partial charge in [0.25, 0.3) is 0 Å². The molecule has 1 saturated carbocycles. The van der Waals surface area contributed by atoms with E-state index in [4.69, 9.17) is 58.0 Å². The van der Waals surface area contributed by atoms with Crippen molar-refractivity contribution in [1.82, 2.24) is 0 Å². The normalized spacial score (nSPS) is 39.5. The molecule has 0 heterocycles. The molecule has 0 bridgehead atoms. The van der Waals surface area contributed by atoms with Gasteiger partial charge in [0, 0.05) is 0 Å². The van der Waals surface area contributed by atoms with Gasteiger partial charge in [-0.25, -0.2) is 0 Å². The molecule has 1 fully saturated rings. The molecule has 12 heavy (non-hydrogen) atoms. The number of hydrogen-bond acceptors (Lipinski definition) is 0. The van der Waals surface area contributed by atoms with E-state index in [1.807, 2.05) is 0 Å². The van der Waals surface area contributed by atoms with Gasteiger partial charge in [0.1, 0.15) is 3.78 Å². The average Bonchev–Trinajstić information content (AvgIpc) is 1.83. The van der Waals surface area contributed by atoms with E-state index in [-0.39, 0.29) is 0 Å². The van der Waals surface area contributed by atoms with Gasteiger partial charge in [0.15, 0.2) is 8.67 Å². The van der Waals surface area contributed by atoms with Crippen molar-refractivity contribution in [3.05, 3.63) is 0 Å². The Hall–Kier alpha value is 1.93. The van der Waals surface area contributed by atoms with E-state index >= 15 is 0 Å². The molecule has 6 heteroatoms. The summed E-state index contributed by atoms with van der Waals surface area (Å²) >= 11 is 33.1.